The Morgan fingerprint density at radius 1 is 1.30 bits per heavy atom. The van der Waals surface area contributed by atoms with Gasteiger partial charge in [-0.15, -0.1) is 0 Å². The molecule has 1 aromatic carbocycles. The number of benzene rings is 1. The number of ether oxygens (including phenoxy) is 3. The van der Waals surface area contributed by atoms with Gasteiger partial charge in [-0.05, 0) is 58.2 Å². The Morgan fingerprint density at radius 2 is 2.07 bits per heavy atom. The zero-order chi connectivity index (χ0) is 22.1. The highest BCUT2D eigenvalue weighted by molar-refractivity contribution is 5.80. The van der Waals surface area contributed by atoms with Gasteiger partial charge in [0.2, 0.25) is 0 Å². The first-order valence-electron chi connectivity index (χ1n) is 10.5. The molecule has 8 nitrogen and oxygen atoms in total. The number of amides is 1. The van der Waals surface area contributed by atoms with Crippen molar-refractivity contribution in [2.45, 2.75) is 58.7 Å². The van der Waals surface area contributed by atoms with Gasteiger partial charge in [-0.25, -0.2) is 4.79 Å². The number of aliphatic imine (C=N–C) groups is 1. The number of guanidine groups is 1. The normalized spacial score (nSPS) is 17.3. The molecule has 0 saturated carbocycles. The Balaban J connectivity index is 1.91. The summed E-state index contributed by atoms with van der Waals surface area (Å²) in [6, 6.07) is 5.98. The minimum absolute atomic E-state index is 0.118. The van der Waals surface area contributed by atoms with Crippen molar-refractivity contribution in [3.05, 3.63) is 23.8 Å². The second-order valence-electron chi connectivity index (χ2n) is 8.25. The molecule has 0 aliphatic carbocycles. The van der Waals surface area contributed by atoms with E-state index in [0.29, 0.717) is 38.0 Å². The standard InChI is InChI=1S/C22H36N4O4/c1-7-29-19-13-16(10-11-18(19)28-6)14-24-20(23-5)25-17-9-8-12-26(15-17)21(27)30-22(2,3)4/h10-11,13,17H,7-9,12,14-15H2,1-6H3,(H2,23,24,25). The van der Waals surface area contributed by atoms with Gasteiger partial charge in [-0.3, -0.25) is 4.99 Å². The quantitative estimate of drug-likeness (QED) is 0.543. The molecular weight excluding hydrogens is 384 g/mol. The molecule has 0 spiro atoms. The van der Waals surface area contributed by atoms with E-state index in [2.05, 4.69) is 15.6 Å². The Hall–Kier alpha value is -2.64. The fourth-order valence-electron chi connectivity index (χ4n) is 3.26. The maximum atomic E-state index is 12.4. The first-order chi connectivity index (χ1) is 14.3. The summed E-state index contributed by atoms with van der Waals surface area (Å²) in [7, 11) is 3.37. The summed E-state index contributed by atoms with van der Waals surface area (Å²) in [5.74, 6) is 2.13. The first-order valence-corrected chi connectivity index (χ1v) is 10.5. The van der Waals surface area contributed by atoms with Gasteiger partial charge in [0.15, 0.2) is 17.5 Å². The number of nitrogens with zero attached hydrogens (tertiary/aromatic N) is 2. The van der Waals surface area contributed by atoms with Crippen molar-refractivity contribution >= 4 is 12.1 Å². The number of hydrogen-bond acceptors (Lipinski definition) is 5. The minimum atomic E-state index is -0.492. The fourth-order valence-corrected chi connectivity index (χ4v) is 3.26. The SMILES string of the molecule is CCOc1cc(CNC(=NC)NC2CCCN(C(=O)OC(C)(C)C)C2)ccc1OC. The molecule has 1 atom stereocenters. The van der Waals surface area contributed by atoms with Gasteiger partial charge in [-0.1, -0.05) is 6.07 Å². The average Bonchev–Trinajstić information content (AvgIpc) is 2.70. The van der Waals surface area contributed by atoms with Gasteiger partial charge in [0.1, 0.15) is 5.60 Å². The lowest BCUT2D eigenvalue weighted by molar-refractivity contribution is 0.0193. The summed E-state index contributed by atoms with van der Waals surface area (Å²) in [6.07, 6.45) is 1.62. The number of nitrogens with one attached hydrogen (secondary N) is 2. The molecule has 2 N–H and O–H groups in total. The van der Waals surface area contributed by atoms with Crippen LogP contribution in [-0.2, 0) is 11.3 Å². The van der Waals surface area contributed by atoms with Crippen molar-refractivity contribution in [1.29, 1.82) is 0 Å². The highest BCUT2D eigenvalue weighted by Crippen LogP contribution is 2.28. The molecule has 30 heavy (non-hydrogen) atoms. The van der Waals surface area contributed by atoms with Gasteiger partial charge in [0.25, 0.3) is 0 Å². The number of likely N-dealkylation sites (tertiary alicyclic amines) is 1. The van der Waals surface area contributed by atoms with E-state index >= 15 is 0 Å². The van der Waals surface area contributed by atoms with Crippen LogP contribution in [0.15, 0.2) is 23.2 Å². The summed E-state index contributed by atoms with van der Waals surface area (Å²) in [5, 5.41) is 6.75. The Morgan fingerprint density at radius 3 is 2.70 bits per heavy atom. The van der Waals surface area contributed by atoms with E-state index in [-0.39, 0.29) is 12.1 Å². The van der Waals surface area contributed by atoms with Crippen LogP contribution in [0.3, 0.4) is 0 Å². The summed E-state index contributed by atoms with van der Waals surface area (Å²) >= 11 is 0. The molecule has 1 aliphatic rings. The second-order valence-corrected chi connectivity index (χ2v) is 8.25. The monoisotopic (exact) mass is 420 g/mol. The second kappa shape index (κ2) is 10.9. The molecule has 1 saturated heterocycles. The van der Waals surface area contributed by atoms with E-state index in [1.54, 1.807) is 19.1 Å². The van der Waals surface area contributed by atoms with Crippen molar-refractivity contribution in [1.82, 2.24) is 15.5 Å². The average molecular weight is 421 g/mol. The largest absolute Gasteiger partial charge is 0.493 e. The molecule has 0 bridgehead atoms. The number of carbonyl (C=O) groups is 1. The summed E-state index contributed by atoms with van der Waals surface area (Å²) < 4.78 is 16.5. The molecule has 168 valence electrons. The van der Waals surface area contributed by atoms with E-state index in [9.17, 15) is 4.79 Å². The van der Waals surface area contributed by atoms with Gasteiger partial charge >= 0.3 is 6.09 Å². The van der Waals surface area contributed by atoms with E-state index in [1.807, 2.05) is 45.9 Å². The Kier molecular flexibility index (Phi) is 8.62. The predicted octanol–water partition coefficient (Wildman–Crippen LogP) is 3.16. The maximum absolute atomic E-state index is 12.4. The number of piperidine rings is 1. The highest BCUT2D eigenvalue weighted by atomic mass is 16.6. The molecule has 2 rings (SSSR count). The highest BCUT2D eigenvalue weighted by Gasteiger charge is 2.28. The Labute approximate surface area is 180 Å². The third kappa shape index (κ3) is 7.31. The van der Waals surface area contributed by atoms with Crippen molar-refractivity contribution in [2.75, 3.05) is 33.9 Å². The van der Waals surface area contributed by atoms with Gasteiger partial charge in [0.05, 0.1) is 13.7 Å². The lowest BCUT2D eigenvalue weighted by Crippen LogP contribution is -2.53. The third-order valence-electron chi connectivity index (χ3n) is 4.63. The number of methoxy groups -OCH3 is 1. The van der Waals surface area contributed by atoms with E-state index in [0.717, 1.165) is 24.2 Å². The van der Waals surface area contributed by atoms with Crippen molar-refractivity contribution in [2.24, 2.45) is 4.99 Å². The maximum Gasteiger partial charge on any atom is 0.410 e. The Bertz CT molecular complexity index is 730. The summed E-state index contributed by atoms with van der Waals surface area (Å²) in [5.41, 5.74) is 0.564. The minimum Gasteiger partial charge on any atom is -0.493 e. The van der Waals surface area contributed by atoms with Crippen LogP contribution in [0, 0.1) is 0 Å². The molecule has 0 radical (unpaired) electrons. The van der Waals surface area contributed by atoms with E-state index < -0.39 is 5.60 Å². The van der Waals surface area contributed by atoms with Crippen LogP contribution >= 0.6 is 0 Å². The molecule has 1 aromatic rings. The lowest BCUT2D eigenvalue weighted by atomic mass is 10.1. The van der Waals surface area contributed by atoms with E-state index in [1.165, 1.54) is 0 Å². The molecule has 1 amide bonds. The van der Waals surface area contributed by atoms with Crippen LogP contribution in [0.5, 0.6) is 11.5 Å². The van der Waals surface area contributed by atoms with Crippen LogP contribution in [0.4, 0.5) is 4.79 Å². The lowest BCUT2D eigenvalue weighted by Gasteiger charge is -2.35. The van der Waals surface area contributed by atoms with Crippen LogP contribution in [0.1, 0.15) is 46.1 Å². The van der Waals surface area contributed by atoms with E-state index in [4.69, 9.17) is 14.2 Å². The molecular formula is C22H36N4O4. The van der Waals surface area contributed by atoms with Crippen LogP contribution in [0.2, 0.25) is 0 Å². The molecule has 1 aliphatic heterocycles. The van der Waals surface area contributed by atoms with Crippen molar-refractivity contribution < 1.29 is 19.0 Å². The number of rotatable bonds is 6. The van der Waals surface area contributed by atoms with Crippen LogP contribution in [0.25, 0.3) is 0 Å². The number of hydrogen-bond donors (Lipinski definition) is 2. The van der Waals surface area contributed by atoms with Gasteiger partial charge in [0, 0.05) is 32.7 Å². The summed E-state index contributed by atoms with van der Waals surface area (Å²) in [4.78, 5) is 18.5. The fraction of sp³-hybridized carbons (Fsp3) is 0.636. The van der Waals surface area contributed by atoms with Crippen LogP contribution < -0.4 is 20.1 Å². The smallest absolute Gasteiger partial charge is 0.410 e. The molecule has 0 aromatic heterocycles. The third-order valence-corrected chi connectivity index (χ3v) is 4.63. The zero-order valence-electron chi connectivity index (χ0n) is 19.1. The van der Waals surface area contributed by atoms with Crippen molar-refractivity contribution in [3.63, 3.8) is 0 Å². The molecule has 1 unspecified atom stereocenters. The number of carbonyl (C=O) groups excluding carboxylic acids is 1. The molecule has 8 heteroatoms. The topological polar surface area (TPSA) is 84.4 Å². The summed E-state index contributed by atoms with van der Waals surface area (Å²) in [6.45, 7) is 10.1. The van der Waals surface area contributed by atoms with Crippen molar-refractivity contribution in [3.8, 4) is 11.5 Å². The van der Waals surface area contributed by atoms with Gasteiger partial charge < -0.3 is 29.7 Å². The molecule has 1 fully saturated rings. The zero-order valence-corrected chi connectivity index (χ0v) is 19.1. The predicted molar refractivity (Wildman–Crippen MR) is 118 cm³/mol. The molecule has 1 heterocycles. The van der Waals surface area contributed by atoms with Gasteiger partial charge in [-0.2, -0.15) is 0 Å². The first kappa shape index (κ1) is 23.6. The van der Waals surface area contributed by atoms with Crippen LogP contribution in [-0.4, -0.2) is 62.4 Å².